The first-order chi connectivity index (χ1) is 15.0. The summed E-state index contributed by atoms with van der Waals surface area (Å²) in [6.07, 6.45) is 0. The quantitative estimate of drug-likeness (QED) is 0.388. The molecule has 0 radical (unpaired) electrons. The molecule has 1 amide bonds. The number of anilines is 1. The number of amides is 1. The summed E-state index contributed by atoms with van der Waals surface area (Å²) in [5.41, 5.74) is 3.82. The van der Waals surface area contributed by atoms with Gasteiger partial charge >= 0.3 is 5.97 Å². The predicted octanol–water partition coefficient (Wildman–Crippen LogP) is 5.88. The Morgan fingerprint density at radius 1 is 0.968 bits per heavy atom. The summed E-state index contributed by atoms with van der Waals surface area (Å²) >= 11 is 1.51. The maximum atomic E-state index is 12.7. The summed E-state index contributed by atoms with van der Waals surface area (Å²) in [5, 5.41) is 3.49. The third-order valence-electron chi connectivity index (χ3n) is 4.87. The van der Waals surface area contributed by atoms with Gasteiger partial charge in [-0.05, 0) is 41.8 Å². The Bertz CT molecular complexity index is 1200. The number of para-hydroxylation sites is 1. The lowest BCUT2D eigenvalue weighted by atomic mass is 10.0. The smallest absolute Gasteiger partial charge is 0.339 e. The van der Waals surface area contributed by atoms with Crippen molar-refractivity contribution >= 4 is 39.1 Å². The number of hydrogen-bond donors (Lipinski definition) is 1. The van der Waals surface area contributed by atoms with Gasteiger partial charge in [0, 0.05) is 11.3 Å². The molecule has 0 aliphatic carbocycles. The highest BCUT2D eigenvalue weighted by Gasteiger charge is 2.18. The maximum Gasteiger partial charge on any atom is 0.339 e. The van der Waals surface area contributed by atoms with Crippen molar-refractivity contribution < 1.29 is 14.3 Å². The normalized spacial score (nSPS) is 10.9. The minimum atomic E-state index is -0.555. The molecule has 0 spiro atoms. The highest BCUT2D eigenvalue weighted by molar-refractivity contribution is 7.21. The van der Waals surface area contributed by atoms with E-state index in [-0.39, 0.29) is 12.5 Å². The van der Waals surface area contributed by atoms with Gasteiger partial charge in [-0.25, -0.2) is 9.78 Å². The Morgan fingerprint density at radius 3 is 2.42 bits per heavy atom. The van der Waals surface area contributed by atoms with Crippen molar-refractivity contribution in [1.82, 2.24) is 4.98 Å². The van der Waals surface area contributed by atoms with Gasteiger partial charge in [-0.3, -0.25) is 4.79 Å². The van der Waals surface area contributed by atoms with Gasteiger partial charge in [0.15, 0.2) is 6.61 Å². The van der Waals surface area contributed by atoms with Crippen LogP contribution in [0.2, 0.25) is 0 Å². The van der Waals surface area contributed by atoms with Crippen molar-refractivity contribution in [3.63, 3.8) is 0 Å². The second-order valence-corrected chi connectivity index (χ2v) is 8.46. The largest absolute Gasteiger partial charge is 0.452 e. The molecule has 1 N–H and O–H groups in total. The van der Waals surface area contributed by atoms with Crippen LogP contribution in [0.4, 0.5) is 5.69 Å². The molecule has 3 aromatic carbocycles. The van der Waals surface area contributed by atoms with E-state index in [1.54, 1.807) is 12.1 Å². The van der Waals surface area contributed by atoms with Crippen LogP contribution in [0, 0.1) is 0 Å². The van der Waals surface area contributed by atoms with Gasteiger partial charge in [-0.1, -0.05) is 56.3 Å². The number of nitrogens with zero attached hydrogens (tertiary/aromatic N) is 1. The first-order valence-electron chi connectivity index (χ1n) is 10.0. The van der Waals surface area contributed by atoms with Crippen LogP contribution in [0.15, 0.2) is 72.8 Å². The van der Waals surface area contributed by atoms with E-state index >= 15 is 0 Å². The van der Waals surface area contributed by atoms with Crippen LogP contribution in [0.25, 0.3) is 20.8 Å². The number of rotatable bonds is 6. The van der Waals surface area contributed by atoms with Crippen molar-refractivity contribution in [2.45, 2.75) is 19.8 Å². The fourth-order valence-electron chi connectivity index (χ4n) is 3.19. The number of thiazole rings is 1. The summed E-state index contributed by atoms with van der Waals surface area (Å²) in [4.78, 5) is 29.6. The molecule has 4 rings (SSSR count). The molecule has 1 heterocycles. The lowest BCUT2D eigenvalue weighted by Crippen LogP contribution is -2.21. The van der Waals surface area contributed by atoms with Crippen LogP contribution in [-0.2, 0) is 9.53 Å². The molecular formula is C25H22N2O3S. The van der Waals surface area contributed by atoms with E-state index in [4.69, 9.17) is 4.74 Å². The molecular weight excluding hydrogens is 408 g/mol. The molecule has 0 saturated carbocycles. The van der Waals surface area contributed by atoms with E-state index in [1.807, 2.05) is 60.7 Å². The van der Waals surface area contributed by atoms with Crippen molar-refractivity contribution in [3.8, 4) is 10.6 Å². The van der Waals surface area contributed by atoms with Crippen molar-refractivity contribution in [3.05, 3.63) is 83.9 Å². The Kier molecular flexibility index (Phi) is 6.09. The molecule has 4 aromatic rings. The fourth-order valence-corrected chi connectivity index (χ4v) is 4.20. The van der Waals surface area contributed by atoms with Crippen LogP contribution in [-0.4, -0.2) is 23.5 Å². The summed E-state index contributed by atoms with van der Waals surface area (Å²) in [5.74, 6) is -0.524. The van der Waals surface area contributed by atoms with Gasteiger partial charge in [0.2, 0.25) is 0 Å². The van der Waals surface area contributed by atoms with Gasteiger partial charge in [0.25, 0.3) is 5.91 Å². The zero-order valence-electron chi connectivity index (χ0n) is 17.3. The van der Waals surface area contributed by atoms with E-state index < -0.39 is 5.97 Å². The van der Waals surface area contributed by atoms with Gasteiger partial charge in [-0.15, -0.1) is 11.3 Å². The number of esters is 1. The third-order valence-corrected chi connectivity index (χ3v) is 5.94. The number of hydrogen-bond acceptors (Lipinski definition) is 5. The number of nitrogens with one attached hydrogen (secondary N) is 1. The molecule has 6 heteroatoms. The summed E-state index contributed by atoms with van der Waals surface area (Å²) < 4.78 is 6.33. The minimum Gasteiger partial charge on any atom is -0.452 e. The highest BCUT2D eigenvalue weighted by atomic mass is 32.1. The molecule has 0 aliphatic rings. The van der Waals surface area contributed by atoms with E-state index in [1.165, 1.54) is 16.9 Å². The zero-order valence-corrected chi connectivity index (χ0v) is 18.1. The predicted molar refractivity (Wildman–Crippen MR) is 124 cm³/mol. The van der Waals surface area contributed by atoms with E-state index in [0.29, 0.717) is 22.7 Å². The van der Waals surface area contributed by atoms with Crippen LogP contribution in [0.5, 0.6) is 0 Å². The van der Waals surface area contributed by atoms with E-state index in [9.17, 15) is 9.59 Å². The molecule has 1 aromatic heterocycles. The van der Waals surface area contributed by atoms with Crippen molar-refractivity contribution in [2.24, 2.45) is 0 Å². The van der Waals surface area contributed by atoms with Crippen molar-refractivity contribution in [2.75, 3.05) is 11.9 Å². The molecule has 156 valence electrons. The first kappa shape index (κ1) is 20.8. The average molecular weight is 431 g/mol. The van der Waals surface area contributed by atoms with Crippen LogP contribution < -0.4 is 5.32 Å². The average Bonchev–Trinajstić information content (AvgIpc) is 3.22. The van der Waals surface area contributed by atoms with Crippen LogP contribution in [0.3, 0.4) is 0 Å². The second kappa shape index (κ2) is 9.10. The molecule has 0 saturated heterocycles. The monoisotopic (exact) mass is 430 g/mol. The Morgan fingerprint density at radius 2 is 1.68 bits per heavy atom. The number of carbonyl (C=O) groups excluding carboxylic acids is 2. The molecule has 5 nitrogen and oxygen atoms in total. The second-order valence-electron chi connectivity index (χ2n) is 7.43. The Balaban J connectivity index is 1.43. The number of fused-ring (bicyclic) bond motifs is 1. The summed E-state index contributed by atoms with van der Waals surface area (Å²) in [6, 6.07) is 22.6. The van der Waals surface area contributed by atoms with E-state index in [0.717, 1.165) is 15.2 Å². The van der Waals surface area contributed by atoms with Gasteiger partial charge in [0.1, 0.15) is 5.01 Å². The number of ether oxygens (including phenoxy) is 1. The van der Waals surface area contributed by atoms with Gasteiger partial charge in [0.05, 0.1) is 15.8 Å². The fraction of sp³-hybridized carbons (Fsp3) is 0.160. The number of carbonyl (C=O) groups is 2. The maximum absolute atomic E-state index is 12.7. The molecule has 0 atom stereocenters. The Labute approximate surface area is 184 Å². The van der Waals surface area contributed by atoms with Crippen LogP contribution >= 0.6 is 11.3 Å². The topological polar surface area (TPSA) is 68.3 Å². The zero-order chi connectivity index (χ0) is 21.8. The Hall–Kier alpha value is -3.51. The molecule has 0 fully saturated rings. The van der Waals surface area contributed by atoms with E-state index in [2.05, 4.69) is 24.1 Å². The van der Waals surface area contributed by atoms with Crippen molar-refractivity contribution in [1.29, 1.82) is 0 Å². The van der Waals surface area contributed by atoms with Gasteiger partial charge in [-0.2, -0.15) is 0 Å². The third kappa shape index (κ3) is 4.81. The van der Waals surface area contributed by atoms with Gasteiger partial charge < -0.3 is 10.1 Å². The lowest BCUT2D eigenvalue weighted by molar-refractivity contribution is -0.119. The molecule has 0 aliphatic heterocycles. The van der Waals surface area contributed by atoms with Crippen LogP contribution in [0.1, 0.15) is 35.7 Å². The molecule has 0 bridgehead atoms. The number of benzene rings is 3. The summed E-state index contributed by atoms with van der Waals surface area (Å²) in [7, 11) is 0. The SMILES string of the molecule is CC(C)c1ccc(NC(=O)COC(=O)c2ccccc2-c2nc3ccccc3s2)cc1. The highest BCUT2D eigenvalue weighted by Crippen LogP contribution is 2.32. The lowest BCUT2D eigenvalue weighted by Gasteiger charge is -2.10. The summed E-state index contributed by atoms with van der Waals surface area (Å²) in [6.45, 7) is 3.86. The first-order valence-corrected chi connectivity index (χ1v) is 10.8. The molecule has 0 unspecified atom stereocenters. The molecule has 31 heavy (non-hydrogen) atoms. The standard InChI is InChI=1S/C25H22N2O3S/c1-16(2)17-11-13-18(14-12-17)26-23(28)15-30-25(29)20-8-4-3-7-19(20)24-27-21-9-5-6-10-22(21)31-24/h3-14,16H,15H2,1-2H3,(H,26,28). The minimum absolute atomic E-state index is 0.362. The number of aromatic nitrogens is 1.